The van der Waals surface area contributed by atoms with Gasteiger partial charge in [0.25, 0.3) is 0 Å². The van der Waals surface area contributed by atoms with Crippen molar-refractivity contribution in [3.8, 4) is 33.4 Å². The Kier molecular flexibility index (Phi) is 6.02. The van der Waals surface area contributed by atoms with Gasteiger partial charge in [0.05, 0.1) is 0 Å². The summed E-state index contributed by atoms with van der Waals surface area (Å²) < 4.78 is 6.92. The van der Waals surface area contributed by atoms with Crippen molar-refractivity contribution in [3.05, 3.63) is 182 Å². The van der Waals surface area contributed by atoms with Crippen molar-refractivity contribution in [1.82, 2.24) is 0 Å². The van der Waals surface area contributed by atoms with E-state index in [1.807, 2.05) is 0 Å². The van der Waals surface area contributed by atoms with Crippen LogP contribution in [0.2, 0.25) is 0 Å². The van der Waals surface area contributed by atoms with Crippen LogP contribution in [-0.4, -0.2) is 0 Å². The van der Waals surface area contributed by atoms with Crippen molar-refractivity contribution < 1.29 is 4.42 Å². The Hall–Kier alpha value is -6.70. The van der Waals surface area contributed by atoms with Gasteiger partial charge in [-0.25, -0.2) is 0 Å². The third-order valence-corrected chi connectivity index (χ3v) is 10.8. The lowest BCUT2D eigenvalue weighted by Gasteiger charge is -2.18. The second-order valence-corrected chi connectivity index (χ2v) is 13.6. The number of furan rings is 1. The van der Waals surface area contributed by atoms with E-state index in [0.717, 1.165) is 27.3 Å². The number of hydrogen-bond donors (Lipinski definition) is 0. The van der Waals surface area contributed by atoms with Gasteiger partial charge in [-0.1, -0.05) is 164 Å². The van der Waals surface area contributed by atoms with E-state index in [2.05, 4.69) is 182 Å². The van der Waals surface area contributed by atoms with E-state index < -0.39 is 0 Å². The largest absolute Gasteiger partial charge is 0.455 e. The second-order valence-electron chi connectivity index (χ2n) is 13.6. The molecule has 0 saturated heterocycles. The molecule has 0 atom stereocenters. The molecule has 0 aliphatic rings. The lowest BCUT2D eigenvalue weighted by atomic mass is 9.85. The highest BCUT2D eigenvalue weighted by Gasteiger charge is 2.19. The molecule has 1 nitrogen and oxygen atoms in total. The summed E-state index contributed by atoms with van der Waals surface area (Å²) >= 11 is 0. The first kappa shape index (κ1) is 28.2. The van der Waals surface area contributed by atoms with Crippen LogP contribution in [0.4, 0.5) is 0 Å². The average Bonchev–Trinajstić information content (AvgIpc) is 3.61. The smallest absolute Gasteiger partial charge is 0.143 e. The zero-order chi connectivity index (χ0) is 33.5. The third-order valence-electron chi connectivity index (χ3n) is 10.8. The quantitative estimate of drug-likeness (QED) is 0.138. The summed E-state index contributed by atoms with van der Waals surface area (Å²) in [5.41, 5.74) is 9.23. The molecule has 0 bridgehead atoms. The van der Waals surface area contributed by atoms with Crippen LogP contribution in [0.1, 0.15) is 0 Å². The first-order valence-electron chi connectivity index (χ1n) is 17.6. The van der Waals surface area contributed by atoms with Gasteiger partial charge in [0, 0.05) is 21.5 Å². The van der Waals surface area contributed by atoms with Crippen molar-refractivity contribution in [3.63, 3.8) is 0 Å². The maximum atomic E-state index is 6.92. The summed E-state index contributed by atoms with van der Waals surface area (Å²) in [6.45, 7) is 0. The fourth-order valence-corrected chi connectivity index (χ4v) is 8.57. The van der Waals surface area contributed by atoms with Crippen LogP contribution >= 0.6 is 0 Å². The molecular formula is C50H30O. The monoisotopic (exact) mass is 646 g/mol. The predicted molar refractivity (Wildman–Crippen MR) is 218 cm³/mol. The molecule has 0 unspecified atom stereocenters. The van der Waals surface area contributed by atoms with Crippen LogP contribution in [0.15, 0.2) is 186 Å². The van der Waals surface area contributed by atoms with E-state index in [9.17, 15) is 0 Å². The summed E-state index contributed by atoms with van der Waals surface area (Å²) in [5.74, 6) is 0. The SMILES string of the molecule is c1ccc(-c2c3ccccc3c(-c3cccc(-c4ccc5c6ccccc6c6c7ccc8ccccc8c7oc6c5c4)c3)c3ccccc23)cc1. The van der Waals surface area contributed by atoms with E-state index in [-0.39, 0.29) is 0 Å². The third kappa shape index (κ3) is 4.16. The molecule has 11 aromatic rings. The Morgan fingerprint density at radius 1 is 0.255 bits per heavy atom. The molecule has 10 aromatic carbocycles. The Balaban J connectivity index is 1.17. The predicted octanol–water partition coefficient (Wildman–Crippen LogP) is 14.4. The molecule has 0 radical (unpaired) electrons. The minimum absolute atomic E-state index is 0.946. The maximum absolute atomic E-state index is 6.92. The Labute approximate surface area is 294 Å². The van der Waals surface area contributed by atoms with Crippen molar-refractivity contribution in [2.45, 2.75) is 0 Å². The Bertz CT molecular complexity index is 3130. The summed E-state index contributed by atoms with van der Waals surface area (Å²) in [6, 6.07) is 66.2. The van der Waals surface area contributed by atoms with Crippen LogP contribution in [0, 0.1) is 0 Å². The lowest BCUT2D eigenvalue weighted by molar-refractivity contribution is 0.676. The Morgan fingerprint density at radius 2 is 0.765 bits per heavy atom. The zero-order valence-electron chi connectivity index (χ0n) is 27.7. The molecule has 1 heteroatoms. The highest BCUT2D eigenvalue weighted by atomic mass is 16.3. The minimum Gasteiger partial charge on any atom is -0.455 e. The minimum atomic E-state index is 0.946. The highest BCUT2D eigenvalue weighted by Crippen LogP contribution is 2.46. The summed E-state index contributed by atoms with van der Waals surface area (Å²) in [6.07, 6.45) is 0. The first-order chi connectivity index (χ1) is 25.3. The molecule has 0 amide bonds. The molecule has 0 spiro atoms. The van der Waals surface area contributed by atoms with Gasteiger partial charge >= 0.3 is 0 Å². The van der Waals surface area contributed by atoms with Crippen molar-refractivity contribution in [2.75, 3.05) is 0 Å². The van der Waals surface area contributed by atoms with Gasteiger partial charge in [-0.3, -0.25) is 0 Å². The summed E-state index contributed by atoms with van der Waals surface area (Å²) in [4.78, 5) is 0. The normalized spacial score (nSPS) is 11.9. The van der Waals surface area contributed by atoms with Gasteiger partial charge < -0.3 is 4.42 Å². The van der Waals surface area contributed by atoms with Crippen LogP contribution in [0.3, 0.4) is 0 Å². The van der Waals surface area contributed by atoms with Crippen molar-refractivity contribution in [1.29, 1.82) is 0 Å². The van der Waals surface area contributed by atoms with Crippen LogP contribution in [-0.2, 0) is 0 Å². The average molecular weight is 647 g/mol. The Morgan fingerprint density at radius 3 is 1.49 bits per heavy atom. The van der Waals surface area contributed by atoms with Gasteiger partial charge in [-0.2, -0.15) is 0 Å². The molecule has 0 fully saturated rings. The van der Waals surface area contributed by atoms with Gasteiger partial charge in [-0.15, -0.1) is 0 Å². The van der Waals surface area contributed by atoms with E-state index in [4.69, 9.17) is 4.42 Å². The molecule has 11 rings (SSSR count). The van der Waals surface area contributed by atoms with Crippen LogP contribution < -0.4 is 0 Å². The van der Waals surface area contributed by atoms with Crippen LogP contribution in [0.25, 0.3) is 109 Å². The van der Waals surface area contributed by atoms with Crippen molar-refractivity contribution >= 4 is 75.8 Å². The molecule has 1 heterocycles. The van der Waals surface area contributed by atoms with Gasteiger partial charge in [0.15, 0.2) is 0 Å². The van der Waals surface area contributed by atoms with Gasteiger partial charge in [0.2, 0.25) is 0 Å². The molecule has 0 aliphatic carbocycles. The molecule has 1 aromatic heterocycles. The van der Waals surface area contributed by atoms with E-state index in [1.165, 1.54) is 81.9 Å². The highest BCUT2D eigenvalue weighted by molar-refractivity contribution is 6.32. The standard InChI is InChI=1S/C50H30O/c1-2-14-32(15-3-1)46-40-21-8-10-23-42(40)47(43-24-11-9-22-41(43)46)35-17-12-16-33(29-35)34-26-27-38-37-19-6-7-20-39(37)48-44-28-25-31-13-4-5-18-36(31)49(44)51-50(48)45(38)30-34/h1-30H. The lowest BCUT2D eigenvalue weighted by Crippen LogP contribution is -1.91. The molecular weight excluding hydrogens is 617 g/mol. The first-order valence-corrected chi connectivity index (χ1v) is 17.6. The molecule has 0 saturated carbocycles. The maximum Gasteiger partial charge on any atom is 0.143 e. The number of hydrogen-bond acceptors (Lipinski definition) is 1. The molecule has 236 valence electrons. The van der Waals surface area contributed by atoms with E-state index in [1.54, 1.807) is 0 Å². The number of benzene rings is 10. The number of rotatable bonds is 3. The second kappa shape index (κ2) is 10.9. The van der Waals surface area contributed by atoms with E-state index >= 15 is 0 Å². The van der Waals surface area contributed by atoms with Gasteiger partial charge in [0.1, 0.15) is 11.2 Å². The molecule has 0 aliphatic heterocycles. The zero-order valence-corrected chi connectivity index (χ0v) is 27.7. The topological polar surface area (TPSA) is 13.1 Å². The molecule has 51 heavy (non-hydrogen) atoms. The molecule has 0 N–H and O–H groups in total. The van der Waals surface area contributed by atoms with Crippen molar-refractivity contribution in [2.24, 2.45) is 0 Å². The number of fused-ring (bicyclic) bond motifs is 12. The van der Waals surface area contributed by atoms with E-state index in [0.29, 0.717) is 0 Å². The fraction of sp³-hybridized carbons (Fsp3) is 0. The fourth-order valence-electron chi connectivity index (χ4n) is 8.57. The van der Waals surface area contributed by atoms with Gasteiger partial charge in [-0.05, 0) is 94.7 Å². The summed E-state index contributed by atoms with van der Waals surface area (Å²) in [7, 11) is 0. The van der Waals surface area contributed by atoms with Crippen LogP contribution in [0.5, 0.6) is 0 Å². The summed E-state index contributed by atoms with van der Waals surface area (Å²) in [5, 5.41) is 14.5.